The van der Waals surface area contributed by atoms with E-state index in [0.29, 0.717) is 25.3 Å². The highest BCUT2D eigenvalue weighted by Crippen LogP contribution is 2.16. The second-order valence-electron chi connectivity index (χ2n) is 4.73. The lowest BCUT2D eigenvalue weighted by atomic mass is 9.98. The number of thioether (sulfide) groups is 1. The van der Waals surface area contributed by atoms with Gasteiger partial charge in [0.25, 0.3) is 0 Å². The van der Waals surface area contributed by atoms with Gasteiger partial charge in [0.2, 0.25) is 0 Å². The van der Waals surface area contributed by atoms with E-state index in [0.717, 1.165) is 12.8 Å². The Labute approximate surface area is 117 Å². The number of aliphatic hydroxyl groups is 1. The van der Waals surface area contributed by atoms with Gasteiger partial charge in [-0.05, 0) is 37.2 Å². The van der Waals surface area contributed by atoms with Crippen LogP contribution < -0.4 is 5.32 Å². The molecule has 1 fully saturated rings. The van der Waals surface area contributed by atoms with Crippen LogP contribution in [-0.4, -0.2) is 64.9 Å². The number of aliphatic hydroxyl groups excluding tert-OH is 1. The number of likely N-dealkylation sites (tertiary alicyclic amines) is 1. The molecule has 1 aliphatic heterocycles. The van der Waals surface area contributed by atoms with Crippen molar-refractivity contribution in [3.63, 3.8) is 0 Å². The Bertz CT molecular complexity index is 306. The Balaban J connectivity index is 2.42. The van der Waals surface area contributed by atoms with E-state index in [-0.39, 0.29) is 18.6 Å². The second-order valence-corrected chi connectivity index (χ2v) is 5.72. The number of carbonyl (C=O) groups excluding carboxylic acids is 1. The molecule has 7 heteroatoms. The predicted octanol–water partition coefficient (Wildman–Crippen LogP) is 0.607. The van der Waals surface area contributed by atoms with Gasteiger partial charge in [-0.3, -0.25) is 0 Å². The quantitative estimate of drug-likeness (QED) is 0.667. The molecule has 0 unspecified atom stereocenters. The van der Waals surface area contributed by atoms with Crippen LogP contribution >= 0.6 is 11.8 Å². The molecule has 0 radical (unpaired) electrons. The van der Waals surface area contributed by atoms with Gasteiger partial charge in [-0.25, -0.2) is 9.59 Å². The largest absolute Gasteiger partial charge is 0.480 e. The molecule has 0 aromatic heterocycles. The highest BCUT2D eigenvalue weighted by atomic mass is 32.2. The van der Waals surface area contributed by atoms with Crippen LogP contribution in [0.15, 0.2) is 0 Å². The second kappa shape index (κ2) is 8.27. The summed E-state index contributed by atoms with van der Waals surface area (Å²) in [6, 6.07) is -1.14. The van der Waals surface area contributed by atoms with Crippen LogP contribution in [0.3, 0.4) is 0 Å². The van der Waals surface area contributed by atoms with Gasteiger partial charge < -0.3 is 20.4 Å². The maximum atomic E-state index is 12.0. The fraction of sp³-hybridized carbons (Fsp3) is 0.833. The number of rotatable bonds is 6. The molecule has 1 heterocycles. The Kier molecular flexibility index (Phi) is 7.01. The van der Waals surface area contributed by atoms with E-state index >= 15 is 0 Å². The van der Waals surface area contributed by atoms with Crippen molar-refractivity contribution in [1.82, 2.24) is 10.2 Å². The first kappa shape index (κ1) is 16.1. The summed E-state index contributed by atoms with van der Waals surface area (Å²) in [6.45, 7) is 1.30. The molecular formula is C12H22N2O4S. The van der Waals surface area contributed by atoms with Crippen LogP contribution in [-0.2, 0) is 4.79 Å². The number of amides is 2. The maximum Gasteiger partial charge on any atom is 0.326 e. The van der Waals surface area contributed by atoms with Gasteiger partial charge in [-0.2, -0.15) is 11.8 Å². The SMILES string of the molecule is CSCC[C@@H](NC(=O)N1CCC(CO)CC1)C(=O)O. The molecule has 6 nitrogen and oxygen atoms in total. The Morgan fingerprint density at radius 1 is 1.42 bits per heavy atom. The first-order chi connectivity index (χ1) is 9.08. The van der Waals surface area contributed by atoms with E-state index in [9.17, 15) is 9.59 Å². The third-order valence-corrected chi connectivity index (χ3v) is 4.01. The first-order valence-corrected chi connectivity index (χ1v) is 7.86. The number of nitrogens with one attached hydrogen (secondary N) is 1. The van der Waals surface area contributed by atoms with Crippen LogP contribution in [0, 0.1) is 5.92 Å². The Morgan fingerprint density at radius 3 is 2.53 bits per heavy atom. The molecule has 2 amide bonds. The molecular weight excluding hydrogens is 268 g/mol. The summed E-state index contributed by atoms with van der Waals surface area (Å²) in [5.41, 5.74) is 0. The number of urea groups is 1. The van der Waals surface area contributed by atoms with Gasteiger partial charge >= 0.3 is 12.0 Å². The van der Waals surface area contributed by atoms with Gasteiger partial charge in [0, 0.05) is 19.7 Å². The summed E-state index contributed by atoms with van der Waals surface area (Å²) >= 11 is 1.56. The molecule has 0 spiro atoms. The highest BCUT2D eigenvalue weighted by Gasteiger charge is 2.26. The molecule has 1 rings (SSSR count). The minimum absolute atomic E-state index is 0.154. The third kappa shape index (κ3) is 5.28. The van der Waals surface area contributed by atoms with Gasteiger partial charge in [-0.1, -0.05) is 0 Å². The number of piperidine rings is 1. The van der Waals surface area contributed by atoms with Crippen molar-refractivity contribution >= 4 is 23.8 Å². The van der Waals surface area contributed by atoms with Crippen LogP contribution in [0.25, 0.3) is 0 Å². The number of hydrogen-bond donors (Lipinski definition) is 3. The van der Waals surface area contributed by atoms with Crippen LogP contribution in [0.4, 0.5) is 4.79 Å². The summed E-state index contributed by atoms with van der Waals surface area (Å²) in [7, 11) is 0. The van der Waals surface area contributed by atoms with E-state index in [1.807, 2.05) is 6.26 Å². The van der Waals surface area contributed by atoms with Gasteiger partial charge in [-0.15, -0.1) is 0 Å². The molecule has 0 bridgehead atoms. The zero-order chi connectivity index (χ0) is 14.3. The number of nitrogens with zero attached hydrogens (tertiary/aromatic N) is 1. The third-order valence-electron chi connectivity index (χ3n) is 3.37. The summed E-state index contributed by atoms with van der Waals surface area (Å²) in [5.74, 6) is -0.0347. The van der Waals surface area contributed by atoms with Gasteiger partial charge in [0.15, 0.2) is 0 Å². The fourth-order valence-corrected chi connectivity index (χ4v) is 2.52. The van der Waals surface area contributed by atoms with Crippen molar-refractivity contribution in [2.45, 2.75) is 25.3 Å². The van der Waals surface area contributed by atoms with E-state index in [4.69, 9.17) is 10.2 Å². The Morgan fingerprint density at radius 2 is 2.05 bits per heavy atom. The van der Waals surface area contributed by atoms with Gasteiger partial charge in [0.05, 0.1) is 0 Å². The molecule has 19 heavy (non-hydrogen) atoms. The fourth-order valence-electron chi connectivity index (χ4n) is 2.05. The van der Waals surface area contributed by atoms with Crippen molar-refractivity contribution in [1.29, 1.82) is 0 Å². The number of hydrogen-bond acceptors (Lipinski definition) is 4. The van der Waals surface area contributed by atoms with Crippen molar-refractivity contribution < 1.29 is 19.8 Å². The lowest BCUT2D eigenvalue weighted by Gasteiger charge is -2.32. The molecule has 0 aromatic carbocycles. The van der Waals surface area contributed by atoms with Crippen molar-refractivity contribution in [3.05, 3.63) is 0 Å². The first-order valence-electron chi connectivity index (χ1n) is 6.46. The molecule has 0 saturated carbocycles. The smallest absolute Gasteiger partial charge is 0.326 e. The van der Waals surface area contributed by atoms with Crippen molar-refractivity contribution in [2.24, 2.45) is 5.92 Å². The Hall–Kier alpha value is -0.950. The number of carboxylic acids is 1. The van der Waals surface area contributed by atoms with Crippen LogP contribution in [0.1, 0.15) is 19.3 Å². The summed E-state index contributed by atoms with van der Waals surface area (Å²) in [6.07, 6.45) is 3.87. The average molecular weight is 290 g/mol. The van der Waals surface area contributed by atoms with E-state index in [2.05, 4.69) is 5.32 Å². The molecule has 0 aliphatic carbocycles. The summed E-state index contributed by atoms with van der Waals surface area (Å²) in [4.78, 5) is 24.6. The van der Waals surface area contributed by atoms with Crippen molar-refractivity contribution in [3.8, 4) is 0 Å². The van der Waals surface area contributed by atoms with E-state index < -0.39 is 12.0 Å². The minimum atomic E-state index is -0.993. The molecule has 0 aromatic rings. The molecule has 3 N–H and O–H groups in total. The monoisotopic (exact) mass is 290 g/mol. The molecule has 1 atom stereocenters. The average Bonchev–Trinajstić information content (AvgIpc) is 2.43. The normalized spacial score (nSPS) is 18.1. The van der Waals surface area contributed by atoms with Crippen molar-refractivity contribution in [2.75, 3.05) is 31.7 Å². The molecule has 1 aliphatic rings. The standard InChI is InChI=1S/C12H22N2O4S/c1-19-7-4-10(11(16)17)13-12(18)14-5-2-9(8-15)3-6-14/h9-10,15H,2-8H2,1H3,(H,13,18)(H,16,17)/t10-/m1/s1. The van der Waals surface area contributed by atoms with Crippen LogP contribution in [0.2, 0.25) is 0 Å². The maximum absolute atomic E-state index is 12.0. The lowest BCUT2D eigenvalue weighted by Crippen LogP contribution is -2.50. The predicted molar refractivity (Wildman–Crippen MR) is 74.3 cm³/mol. The lowest BCUT2D eigenvalue weighted by molar-refractivity contribution is -0.139. The van der Waals surface area contributed by atoms with E-state index in [1.54, 1.807) is 16.7 Å². The van der Waals surface area contributed by atoms with E-state index in [1.165, 1.54) is 0 Å². The number of carbonyl (C=O) groups is 2. The minimum Gasteiger partial charge on any atom is -0.480 e. The van der Waals surface area contributed by atoms with Crippen LogP contribution in [0.5, 0.6) is 0 Å². The van der Waals surface area contributed by atoms with Gasteiger partial charge in [0.1, 0.15) is 6.04 Å². The number of aliphatic carboxylic acids is 1. The summed E-state index contributed by atoms with van der Waals surface area (Å²) < 4.78 is 0. The molecule has 1 saturated heterocycles. The topological polar surface area (TPSA) is 89.9 Å². The zero-order valence-corrected chi connectivity index (χ0v) is 12.0. The highest BCUT2D eigenvalue weighted by molar-refractivity contribution is 7.98. The molecule has 110 valence electrons. The zero-order valence-electron chi connectivity index (χ0n) is 11.2. The number of carboxylic acid groups (broad SMARTS) is 1. The summed E-state index contributed by atoms with van der Waals surface area (Å²) in [5, 5.41) is 20.6.